The summed E-state index contributed by atoms with van der Waals surface area (Å²) in [5.74, 6) is 5.31. The number of benzene rings is 1. The quantitative estimate of drug-likeness (QED) is 0.311. The molecule has 0 unspecified atom stereocenters. The second kappa shape index (κ2) is 8.09. The Morgan fingerprint density at radius 3 is 2.78 bits per heavy atom. The van der Waals surface area contributed by atoms with Crippen molar-refractivity contribution in [1.29, 1.82) is 0 Å². The van der Waals surface area contributed by atoms with E-state index < -0.39 is 5.91 Å². The van der Waals surface area contributed by atoms with Gasteiger partial charge in [-0.1, -0.05) is 31.9 Å². The zero-order valence-corrected chi connectivity index (χ0v) is 13.1. The van der Waals surface area contributed by atoms with Crippen molar-refractivity contribution in [1.82, 2.24) is 15.4 Å². The van der Waals surface area contributed by atoms with Crippen molar-refractivity contribution < 1.29 is 9.53 Å². The molecule has 1 aromatic carbocycles. The van der Waals surface area contributed by atoms with Gasteiger partial charge in [0.05, 0.1) is 12.3 Å². The van der Waals surface area contributed by atoms with Crippen LogP contribution in [-0.4, -0.2) is 22.5 Å². The first-order chi connectivity index (χ1) is 11.2. The molecule has 1 amide bonds. The van der Waals surface area contributed by atoms with Gasteiger partial charge in [0.2, 0.25) is 5.95 Å². The summed E-state index contributed by atoms with van der Waals surface area (Å²) < 4.78 is 5.83. The lowest BCUT2D eigenvalue weighted by molar-refractivity contribution is 0.0948. The zero-order chi connectivity index (χ0) is 16.7. The van der Waals surface area contributed by atoms with Gasteiger partial charge in [0.15, 0.2) is 0 Å². The topological polar surface area (TPSA) is 116 Å². The average Bonchev–Trinajstić information content (AvgIpc) is 2.57. The first kappa shape index (κ1) is 16.7. The molecule has 1 heterocycles. The normalized spacial score (nSPS) is 10.3. The molecule has 2 rings (SSSR count). The van der Waals surface area contributed by atoms with Gasteiger partial charge in [-0.05, 0) is 24.6 Å². The van der Waals surface area contributed by atoms with E-state index in [0.29, 0.717) is 18.1 Å². The van der Waals surface area contributed by atoms with E-state index in [1.807, 2.05) is 29.7 Å². The summed E-state index contributed by atoms with van der Waals surface area (Å²) in [6.45, 7) is 2.77. The van der Waals surface area contributed by atoms with Crippen molar-refractivity contribution >= 4 is 11.9 Å². The van der Waals surface area contributed by atoms with E-state index in [0.717, 1.165) is 24.8 Å². The predicted octanol–water partition coefficient (Wildman–Crippen LogP) is 1.90. The van der Waals surface area contributed by atoms with E-state index in [9.17, 15) is 4.79 Å². The molecule has 0 saturated carbocycles. The van der Waals surface area contributed by atoms with E-state index in [2.05, 4.69) is 16.9 Å². The second-order valence-electron chi connectivity index (χ2n) is 5.02. The maximum atomic E-state index is 11.7. The number of para-hydroxylation sites is 1. The number of rotatable bonds is 7. The van der Waals surface area contributed by atoms with Gasteiger partial charge >= 0.3 is 0 Å². The van der Waals surface area contributed by atoms with Crippen molar-refractivity contribution in [2.24, 2.45) is 5.84 Å². The van der Waals surface area contributed by atoms with Crippen LogP contribution >= 0.6 is 0 Å². The molecular weight excluding hydrogens is 294 g/mol. The second-order valence-corrected chi connectivity index (χ2v) is 5.02. The molecule has 0 radical (unpaired) electrons. The lowest BCUT2D eigenvalue weighted by Gasteiger charge is -2.12. The third-order valence-corrected chi connectivity index (χ3v) is 3.28. The number of ether oxygens (including phenoxy) is 1. The fraction of sp³-hybridized carbons (Fsp3) is 0.312. The Morgan fingerprint density at radius 2 is 2.04 bits per heavy atom. The van der Waals surface area contributed by atoms with Gasteiger partial charge < -0.3 is 10.5 Å². The van der Waals surface area contributed by atoms with Gasteiger partial charge in [-0.2, -0.15) is 0 Å². The molecule has 2 aromatic rings. The van der Waals surface area contributed by atoms with Gasteiger partial charge in [0.25, 0.3) is 5.91 Å². The number of nitrogen functional groups attached to an aromatic ring is 2. The van der Waals surface area contributed by atoms with Crippen molar-refractivity contribution in [3.8, 4) is 17.0 Å². The summed E-state index contributed by atoms with van der Waals surface area (Å²) in [7, 11) is 0. The minimum absolute atomic E-state index is 0.00175. The zero-order valence-electron chi connectivity index (χ0n) is 13.1. The summed E-state index contributed by atoms with van der Waals surface area (Å²) in [4.78, 5) is 19.7. The van der Waals surface area contributed by atoms with Gasteiger partial charge in [0.1, 0.15) is 11.4 Å². The molecule has 7 nitrogen and oxygen atoms in total. The summed E-state index contributed by atoms with van der Waals surface area (Å²) in [6.07, 6.45) is 3.23. The molecule has 1 aromatic heterocycles. The molecule has 0 aliphatic carbocycles. The van der Waals surface area contributed by atoms with Crippen LogP contribution in [0.25, 0.3) is 11.3 Å². The minimum Gasteiger partial charge on any atom is -0.493 e. The molecular formula is C16H21N5O2. The molecule has 7 heteroatoms. The number of hydrazine groups is 1. The molecule has 0 saturated heterocycles. The van der Waals surface area contributed by atoms with E-state index in [4.69, 9.17) is 16.3 Å². The number of nitrogens with two attached hydrogens (primary N) is 2. The number of carbonyl (C=O) groups excluding carboxylic acids is 1. The Balaban J connectivity index is 2.31. The first-order valence-electron chi connectivity index (χ1n) is 7.53. The van der Waals surface area contributed by atoms with Crippen molar-refractivity contribution in [2.75, 3.05) is 12.3 Å². The van der Waals surface area contributed by atoms with Crippen LogP contribution in [-0.2, 0) is 0 Å². The van der Waals surface area contributed by atoms with Crippen LogP contribution < -0.4 is 21.7 Å². The van der Waals surface area contributed by atoms with Crippen LogP contribution in [0.2, 0.25) is 0 Å². The Labute approximate surface area is 135 Å². The van der Waals surface area contributed by atoms with Crippen LogP contribution in [0.1, 0.15) is 36.7 Å². The fourth-order valence-corrected chi connectivity index (χ4v) is 2.13. The number of hydrogen-bond acceptors (Lipinski definition) is 6. The van der Waals surface area contributed by atoms with Crippen LogP contribution in [0, 0.1) is 0 Å². The molecule has 5 N–H and O–H groups in total. The number of hydrogen-bond donors (Lipinski definition) is 3. The smallest absolute Gasteiger partial charge is 0.283 e. The van der Waals surface area contributed by atoms with Gasteiger partial charge in [-0.25, -0.2) is 15.8 Å². The highest BCUT2D eigenvalue weighted by Gasteiger charge is 2.13. The standard InChI is InChI=1S/C16H21N5O2/c1-2-3-6-9-23-14-8-5-4-7-11(14)12-10-13(15(22)21-18)20-16(17)19-12/h4-5,7-8,10H,2-3,6,9,18H2,1H3,(H,21,22)(H2,17,19,20). The lowest BCUT2D eigenvalue weighted by Crippen LogP contribution is -2.31. The molecule has 0 aliphatic heterocycles. The van der Waals surface area contributed by atoms with Gasteiger partial charge in [-0.3, -0.25) is 10.2 Å². The number of unbranched alkanes of at least 4 members (excludes halogenated alkanes) is 2. The maximum Gasteiger partial charge on any atom is 0.283 e. The highest BCUT2D eigenvalue weighted by Crippen LogP contribution is 2.29. The van der Waals surface area contributed by atoms with Crippen LogP contribution in [0.15, 0.2) is 30.3 Å². The molecule has 0 aliphatic rings. The molecule has 0 bridgehead atoms. The predicted molar refractivity (Wildman–Crippen MR) is 88.6 cm³/mol. The molecule has 0 atom stereocenters. The summed E-state index contributed by atoms with van der Waals surface area (Å²) >= 11 is 0. The number of amides is 1. The SMILES string of the molecule is CCCCCOc1ccccc1-c1cc(C(=O)NN)nc(N)n1. The highest BCUT2D eigenvalue weighted by molar-refractivity contribution is 5.93. The number of anilines is 1. The summed E-state index contributed by atoms with van der Waals surface area (Å²) in [5.41, 5.74) is 9.11. The van der Waals surface area contributed by atoms with E-state index >= 15 is 0 Å². The van der Waals surface area contributed by atoms with Crippen LogP contribution in [0.5, 0.6) is 5.75 Å². The average molecular weight is 315 g/mol. The number of aromatic nitrogens is 2. The Bertz CT molecular complexity index is 675. The Morgan fingerprint density at radius 1 is 1.26 bits per heavy atom. The molecule has 0 fully saturated rings. The summed E-state index contributed by atoms with van der Waals surface area (Å²) in [6, 6.07) is 9.02. The summed E-state index contributed by atoms with van der Waals surface area (Å²) in [5, 5.41) is 0. The maximum absolute atomic E-state index is 11.7. The van der Waals surface area contributed by atoms with Gasteiger partial charge in [-0.15, -0.1) is 0 Å². The lowest BCUT2D eigenvalue weighted by atomic mass is 10.1. The minimum atomic E-state index is -0.526. The number of carbonyl (C=O) groups is 1. The Kier molecular flexibility index (Phi) is 5.87. The number of nitrogens with zero attached hydrogens (tertiary/aromatic N) is 2. The number of nitrogens with one attached hydrogen (secondary N) is 1. The van der Waals surface area contributed by atoms with Crippen molar-refractivity contribution in [2.45, 2.75) is 26.2 Å². The van der Waals surface area contributed by atoms with E-state index in [1.54, 1.807) is 0 Å². The van der Waals surface area contributed by atoms with Crippen LogP contribution in [0.4, 0.5) is 5.95 Å². The highest BCUT2D eigenvalue weighted by atomic mass is 16.5. The van der Waals surface area contributed by atoms with Crippen LogP contribution in [0.3, 0.4) is 0 Å². The molecule has 23 heavy (non-hydrogen) atoms. The van der Waals surface area contributed by atoms with E-state index in [-0.39, 0.29) is 11.6 Å². The third kappa shape index (κ3) is 4.40. The monoisotopic (exact) mass is 315 g/mol. The largest absolute Gasteiger partial charge is 0.493 e. The first-order valence-corrected chi connectivity index (χ1v) is 7.53. The third-order valence-electron chi connectivity index (χ3n) is 3.28. The Hall–Kier alpha value is -2.67. The molecule has 122 valence electrons. The van der Waals surface area contributed by atoms with Gasteiger partial charge in [0, 0.05) is 5.56 Å². The van der Waals surface area contributed by atoms with Crippen molar-refractivity contribution in [3.63, 3.8) is 0 Å². The van der Waals surface area contributed by atoms with E-state index in [1.165, 1.54) is 6.07 Å². The molecule has 0 spiro atoms. The fourth-order valence-electron chi connectivity index (χ4n) is 2.13. The van der Waals surface area contributed by atoms with Crippen molar-refractivity contribution in [3.05, 3.63) is 36.0 Å².